The van der Waals surface area contributed by atoms with Crippen LogP contribution in [0, 0.1) is 0 Å². The summed E-state index contributed by atoms with van der Waals surface area (Å²) in [6, 6.07) is 0. The quantitative estimate of drug-likeness (QED) is 0.557. The molecule has 0 fully saturated rings. The molecule has 8 heavy (non-hydrogen) atoms. The molecule has 0 aliphatic carbocycles. The summed E-state index contributed by atoms with van der Waals surface area (Å²) in [5.41, 5.74) is 0. The second-order valence-corrected chi connectivity index (χ2v) is 2.51. The minimum absolute atomic E-state index is 0.408. The Morgan fingerprint density at radius 3 is 3.25 bits per heavy atom. The predicted octanol–water partition coefficient (Wildman–Crippen LogP) is 1.27. The third-order valence-corrected chi connectivity index (χ3v) is 1.38. The van der Waals surface area contributed by atoms with Crippen LogP contribution in [0.2, 0.25) is 0 Å². The largest absolute Gasteiger partial charge is 0.351 e. The molecule has 0 aromatic heterocycles. The van der Waals surface area contributed by atoms with E-state index in [4.69, 9.17) is 9.47 Å². The molecule has 0 aromatic rings. The van der Waals surface area contributed by atoms with Crippen LogP contribution in [0.15, 0.2) is 10.6 Å². The SMILES string of the molecule is BrC1=CCOCOC1. The van der Waals surface area contributed by atoms with Gasteiger partial charge in [-0.1, -0.05) is 15.9 Å². The van der Waals surface area contributed by atoms with E-state index in [2.05, 4.69) is 15.9 Å². The molecule has 3 heteroatoms. The second kappa shape index (κ2) is 3.22. The Balaban J connectivity index is 2.36. The van der Waals surface area contributed by atoms with Crippen molar-refractivity contribution >= 4 is 15.9 Å². The summed E-state index contributed by atoms with van der Waals surface area (Å²) >= 11 is 3.29. The molecule has 1 rings (SSSR count). The number of halogens is 1. The molecular weight excluding hydrogens is 172 g/mol. The van der Waals surface area contributed by atoms with E-state index in [9.17, 15) is 0 Å². The smallest absolute Gasteiger partial charge is 0.147 e. The first-order valence-corrected chi connectivity index (χ1v) is 3.19. The molecule has 0 radical (unpaired) electrons. The standard InChI is InChI=1S/C5H7BrO2/c6-5-1-2-7-4-8-3-5/h1H,2-4H2. The van der Waals surface area contributed by atoms with E-state index in [1.54, 1.807) is 0 Å². The first-order valence-electron chi connectivity index (χ1n) is 2.39. The summed E-state index contributed by atoms with van der Waals surface area (Å²) in [4.78, 5) is 0. The van der Waals surface area contributed by atoms with Gasteiger partial charge in [-0.2, -0.15) is 0 Å². The fourth-order valence-electron chi connectivity index (χ4n) is 0.454. The van der Waals surface area contributed by atoms with Gasteiger partial charge in [0.25, 0.3) is 0 Å². The van der Waals surface area contributed by atoms with E-state index in [0.717, 1.165) is 4.48 Å². The number of hydrogen-bond donors (Lipinski definition) is 0. The van der Waals surface area contributed by atoms with Gasteiger partial charge in [0.05, 0.1) is 13.2 Å². The van der Waals surface area contributed by atoms with E-state index < -0.39 is 0 Å². The lowest BCUT2D eigenvalue weighted by atomic mass is 10.5. The number of ether oxygens (including phenoxy) is 2. The van der Waals surface area contributed by atoms with Crippen LogP contribution in [0.5, 0.6) is 0 Å². The van der Waals surface area contributed by atoms with Gasteiger partial charge >= 0.3 is 0 Å². The van der Waals surface area contributed by atoms with E-state index >= 15 is 0 Å². The highest BCUT2D eigenvalue weighted by Crippen LogP contribution is 2.06. The molecule has 1 heterocycles. The van der Waals surface area contributed by atoms with Crippen molar-refractivity contribution in [1.82, 2.24) is 0 Å². The van der Waals surface area contributed by atoms with Crippen molar-refractivity contribution in [3.05, 3.63) is 10.6 Å². The summed E-state index contributed by atoms with van der Waals surface area (Å²) in [6.45, 7) is 1.70. The lowest BCUT2D eigenvalue weighted by molar-refractivity contribution is -0.0269. The van der Waals surface area contributed by atoms with Gasteiger partial charge in [-0.15, -0.1) is 0 Å². The highest BCUT2D eigenvalue weighted by molar-refractivity contribution is 9.11. The molecular formula is C5H7BrO2. The Hall–Kier alpha value is 0.140. The fraction of sp³-hybridized carbons (Fsp3) is 0.600. The molecule has 2 nitrogen and oxygen atoms in total. The topological polar surface area (TPSA) is 18.5 Å². The summed E-state index contributed by atoms with van der Waals surface area (Å²) in [6.07, 6.45) is 1.95. The van der Waals surface area contributed by atoms with Gasteiger partial charge in [-0.25, -0.2) is 0 Å². The van der Waals surface area contributed by atoms with Gasteiger partial charge in [0, 0.05) is 4.48 Å². The van der Waals surface area contributed by atoms with Gasteiger partial charge in [-0.05, 0) is 6.08 Å². The molecule has 0 N–H and O–H groups in total. The van der Waals surface area contributed by atoms with Crippen LogP contribution in [0.1, 0.15) is 0 Å². The second-order valence-electron chi connectivity index (χ2n) is 1.49. The van der Waals surface area contributed by atoms with Crippen molar-refractivity contribution in [2.75, 3.05) is 20.0 Å². The molecule has 46 valence electrons. The van der Waals surface area contributed by atoms with Crippen LogP contribution in [0.25, 0.3) is 0 Å². The van der Waals surface area contributed by atoms with Gasteiger partial charge in [-0.3, -0.25) is 0 Å². The van der Waals surface area contributed by atoms with Gasteiger partial charge in [0.1, 0.15) is 6.79 Å². The number of rotatable bonds is 0. The lowest BCUT2D eigenvalue weighted by Gasteiger charge is -1.95. The molecule has 0 atom stereocenters. The summed E-state index contributed by atoms with van der Waals surface area (Å²) in [7, 11) is 0. The van der Waals surface area contributed by atoms with E-state index in [1.165, 1.54) is 0 Å². The van der Waals surface area contributed by atoms with Crippen LogP contribution < -0.4 is 0 Å². The summed E-state index contributed by atoms with van der Waals surface area (Å²) in [5, 5.41) is 0. The lowest BCUT2D eigenvalue weighted by Crippen LogP contribution is -1.95. The molecule has 0 spiro atoms. The first kappa shape index (κ1) is 6.26. The van der Waals surface area contributed by atoms with Crippen molar-refractivity contribution in [3.8, 4) is 0 Å². The van der Waals surface area contributed by atoms with Crippen LogP contribution in [0.3, 0.4) is 0 Å². The molecule has 1 aliphatic heterocycles. The molecule has 0 amide bonds. The monoisotopic (exact) mass is 178 g/mol. The molecule has 0 bridgehead atoms. The third kappa shape index (κ3) is 1.94. The van der Waals surface area contributed by atoms with Crippen molar-refractivity contribution in [1.29, 1.82) is 0 Å². The Bertz CT molecular complexity index is 101. The predicted molar refractivity (Wildman–Crippen MR) is 33.8 cm³/mol. The maximum atomic E-state index is 4.97. The minimum Gasteiger partial charge on any atom is -0.351 e. The Kier molecular flexibility index (Phi) is 2.52. The van der Waals surface area contributed by atoms with Crippen LogP contribution in [-0.4, -0.2) is 20.0 Å². The average molecular weight is 179 g/mol. The van der Waals surface area contributed by atoms with E-state index in [1.807, 2.05) is 6.08 Å². The highest BCUT2D eigenvalue weighted by atomic mass is 79.9. The molecule has 0 saturated heterocycles. The molecule has 0 aromatic carbocycles. The van der Waals surface area contributed by atoms with Crippen LogP contribution >= 0.6 is 15.9 Å². The van der Waals surface area contributed by atoms with Gasteiger partial charge in [0.2, 0.25) is 0 Å². The molecule has 0 unspecified atom stereocenters. The molecule has 1 aliphatic rings. The minimum atomic E-state index is 0.408. The van der Waals surface area contributed by atoms with Crippen molar-refractivity contribution in [2.45, 2.75) is 0 Å². The normalized spacial score (nSPS) is 21.9. The van der Waals surface area contributed by atoms with Gasteiger partial charge in [0.15, 0.2) is 0 Å². The van der Waals surface area contributed by atoms with E-state index in [-0.39, 0.29) is 0 Å². The number of hydrogen-bond acceptors (Lipinski definition) is 2. The Morgan fingerprint density at radius 2 is 2.38 bits per heavy atom. The zero-order valence-electron chi connectivity index (χ0n) is 4.39. The Labute approximate surface area is 56.6 Å². The summed E-state index contributed by atoms with van der Waals surface area (Å²) in [5.74, 6) is 0. The maximum Gasteiger partial charge on any atom is 0.147 e. The van der Waals surface area contributed by atoms with Crippen molar-refractivity contribution in [3.63, 3.8) is 0 Å². The zero-order chi connectivity index (χ0) is 5.82. The third-order valence-electron chi connectivity index (χ3n) is 0.829. The van der Waals surface area contributed by atoms with Crippen molar-refractivity contribution in [2.24, 2.45) is 0 Å². The molecule has 0 saturated carbocycles. The maximum absolute atomic E-state index is 4.97. The van der Waals surface area contributed by atoms with Crippen LogP contribution in [0.4, 0.5) is 0 Å². The van der Waals surface area contributed by atoms with Crippen LogP contribution in [-0.2, 0) is 9.47 Å². The Morgan fingerprint density at radius 1 is 1.50 bits per heavy atom. The first-order chi connectivity index (χ1) is 3.89. The average Bonchev–Trinajstić information content (AvgIpc) is 1.94. The van der Waals surface area contributed by atoms with E-state index in [0.29, 0.717) is 20.0 Å². The van der Waals surface area contributed by atoms with Gasteiger partial charge < -0.3 is 9.47 Å². The highest BCUT2D eigenvalue weighted by Gasteiger charge is 1.96. The summed E-state index contributed by atoms with van der Waals surface area (Å²) < 4.78 is 11.0. The fourth-order valence-corrected chi connectivity index (χ4v) is 0.749. The zero-order valence-corrected chi connectivity index (χ0v) is 5.98. The van der Waals surface area contributed by atoms with Crippen molar-refractivity contribution < 1.29 is 9.47 Å².